The lowest BCUT2D eigenvalue weighted by atomic mass is 10.3. The molecule has 0 bridgehead atoms. The monoisotopic (exact) mass is 226 g/mol. The summed E-state index contributed by atoms with van der Waals surface area (Å²) in [6, 6.07) is 5.46. The second-order valence-corrected chi connectivity index (χ2v) is 3.27. The van der Waals surface area contributed by atoms with Crippen LogP contribution in [0.3, 0.4) is 0 Å². The van der Waals surface area contributed by atoms with Crippen molar-refractivity contribution >= 4 is 17.3 Å². The molecular weight excluding hydrogens is 216 g/mol. The Bertz CT molecular complexity index is 533. The second kappa shape index (κ2) is 4.90. The van der Waals surface area contributed by atoms with Gasteiger partial charge in [0.2, 0.25) is 0 Å². The fourth-order valence-corrected chi connectivity index (χ4v) is 1.34. The maximum Gasteiger partial charge on any atom is 0.182 e. The van der Waals surface area contributed by atoms with E-state index in [0.717, 1.165) is 5.69 Å². The molecule has 0 spiro atoms. The number of hydrogen-bond acceptors (Lipinski definition) is 6. The van der Waals surface area contributed by atoms with Crippen LogP contribution in [0.1, 0.15) is 0 Å². The van der Waals surface area contributed by atoms with Crippen LogP contribution >= 0.6 is 0 Å². The van der Waals surface area contributed by atoms with Crippen LogP contribution in [0.2, 0.25) is 0 Å². The molecule has 17 heavy (non-hydrogen) atoms. The Kier molecular flexibility index (Phi) is 3.12. The van der Waals surface area contributed by atoms with E-state index in [1.807, 2.05) is 30.3 Å². The van der Waals surface area contributed by atoms with Crippen molar-refractivity contribution in [3.8, 4) is 6.19 Å². The van der Waals surface area contributed by atoms with Gasteiger partial charge >= 0.3 is 0 Å². The Morgan fingerprint density at radius 3 is 3.00 bits per heavy atom. The number of pyridine rings is 1. The van der Waals surface area contributed by atoms with Gasteiger partial charge in [0.1, 0.15) is 18.0 Å². The van der Waals surface area contributed by atoms with Crippen LogP contribution in [0.25, 0.3) is 0 Å². The van der Waals surface area contributed by atoms with Gasteiger partial charge in [-0.15, -0.1) is 0 Å². The first-order chi connectivity index (χ1) is 8.31. The summed E-state index contributed by atoms with van der Waals surface area (Å²) in [5.41, 5.74) is 0.911. The molecule has 2 aromatic heterocycles. The quantitative estimate of drug-likeness (QED) is 0.631. The van der Waals surface area contributed by atoms with Crippen LogP contribution < -0.4 is 10.2 Å². The molecule has 0 aliphatic carbocycles. The third kappa shape index (κ3) is 2.46. The number of aromatic nitrogens is 3. The Balaban J connectivity index is 2.28. The Morgan fingerprint density at radius 1 is 1.41 bits per heavy atom. The first-order valence-corrected chi connectivity index (χ1v) is 4.92. The summed E-state index contributed by atoms with van der Waals surface area (Å²) in [4.78, 5) is 13.9. The zero-order valence-corrected chi connectivity index (χ0v) is 9.20. The van der Waals surface area contributed by atoms with E-state index in [2.05, 4.69) is 20.3 Å². The number of nitrogens with one attached hydrogen (secondary N) is 1. The molecule has 1 N–H and O–H groups in total. The Labute approximate surface area is 98.6 Å². The summed E-state index contributed by atoms with van der Waals surface area (Å²) >= 11 is 0. The van der Waals surface area contributed by atoms with Gasteiger partial charge in [-0.05, 0) is 12.1 Å². The molecule has 2 heterocycles. The molecule has 0 unspecified atom stereocenters. The van der Waals surface area contributed by atoms with Gasteiger partial charge in [0, 0.05) is 19.3 Å². The van der Waals surface area contributed by atoms with E-state index in [1.54, 1.807) is 18.5 Å². The van der Waals surface area contributed by atoms with Crippen molar-refractivity contribution in [2.45, 2.75) is 0 Å². The fourth-order valence-electron chi connectivity index (χ4n) is 1.34. The Morgan fingerprint density at radius 2 is 2.29 bits per heavy atom. The van der Waals surface area contributed by atoms with Gasteiger partial charge < -0.3 is 4.90 Å². The lowest BCUT2D eigenvalue weighted by Gasteiger charge is -2.17. The molecule has 0 saturated carbocycles. The van der Waals surface area contributed by atoms with Crippen LogP contribution in [-0.2, 0) is 0 Å². The summed E-state index contributed by atoms with van der Waals surface area (Å²) < 4.78 is 0. The average molecular weight is 226 g/mol. The molecule has 2 rings (SSSR count). The lowest BCUT2D eigenvalue weighted by Crippen LogP contribution is -2.11. The van der Waals surface area contributed by atoms with Gasteiger partial charge in [-0.1, -0.05) is 0 Å². The van der Waals surface area contributed by atoms with Gasteiger partial charge in [-0.2, -0.15) is 5.26 Å². The molecular formula is C11H10N6. The number of nitrogens with zero attached hydrogens (tertiary/aromatic N) is 5. The van der Waals surface area contributed by atoms with Crippen molar-refractivity contribution in [3.05, 3.63) is 36.9 Å². The summed E-state index contributed by atoms with van der Waals surface area (Å²) in [5.74, 6) is 1.15. The van der Waals surface area contributed by atoms with E-state index in [9.17, 15) is 0 Å². The molecule has 0 atom stereocenters. The van der Waals surface area contributed by atoms with Crippen molar-refractivity contribution < 1.29 is 0 Å². The maximum absolute atomic E-state index is 8.52. The third-order valence-electron chi connectivity index (χ3n) is 2.21. The SMILES string of the molecule is CN(c1cccnc1)c1cc(NC#N)ncn1. The van der Waals surface area contributed by atoms with Gasteiger partial charge in [-0.25, -0.2) is 9.97 Å². The number of rotatable bonds is 3. The average Bonchev–Trinajstić information content (AvgIpc) is 2.40. The highest BCUT2D eigenvalue weighted by atomic mass is 15.2. The van der Waals surface area contributed by atoms with Crippen molar-refractivity contribution in [2.24, 2.45) is 0 Å². The van der Waals surface area contributed by atoms with Crippen molar-refractivity contribution in [2.75, 3.05) is 17.3 Å². The zero-order valence-electron chi connectivity index (χ0n) is 9.20. The van der Waals surface area contributed by atoms with Crippen molar-refractivity contribution in [1.82, 2.24) is 15.0 Å². The minimum atomic E-state index is 0.466. The minimum Gasteiger partial charge on any atom is -0.328 e. The molecule has 2 aromatic rings. The van der Waals surface area contributed by atoms with E-state index < -0.39 is 0 Å². The van der Waals surface area contributed by atoms with Crippen LogP contribution in [0, 0.1) is 11.5 Å². The molecule has 0 saturated heterocycles. The predicted octanol–water partition coefficient (Wildman–Crippen LogP) is 1.53. The largest absolute Gasteiger partial charge is 0.328 e. The first-order valence-electron chi connectivity index (χ1n) is 4.92. The molecule has 6 nitrogen and oxygen atoms in total. The number of nitriles is 1. The number of hydrogen-bond donors (Lipinski definition) is 1. The highest BCUT2D eigenvalue weighted by Crippen LogP contribution is 2.21. The van der Waals surface area contributed by atoms with Crippen LogP contribution in [0.5, 0.6) is 0 Å². The molecule has 0 radical (unpaired) electrons. The lowest BCUT2D eigenvalue weighted by molar-refractivity contribution is 1.07. The van der Waals surface area contributed by atoms with E-state index in [1.165, 1.54) is 6.33 Å². The van der Waals surface area contributed by atoms with Crippen LogP contribution in [-0.4, -0.2) is 22.0 Å². The summed E-state index contributed by atoms with van der Waals surface area (Å²) in [6.07, 6.45) is 6.67. The highest BCUT2D eigenvalue weighted by Gasteiger charge is 2.06. The zero-order chi connectivity index (χ0) is 12.1. The van der Waals surface area contributed by atoms with E-state index in [-0.39, 0.29) is 0 Å². The molecule has 84 valence electrons. The normalized spacial score (nSPS) is 9.41. The van der Waals surface area contributed by atoms with Gasteiger partial charge in [0.25, 0.3) is 0 Å². The third-order valence-corrected chi connectivity index (χ3v) is 2.21. The minimum absolute atomic E-state index is 0.466. The molecule has 0 aliphatic heterocycles. The topological polar surface area (TPSA) is 77.7 Å². The van der Waals surface area contributed by atoms with E-state index in [4.69, 9.17) is 5.26 Å². The number of anilines is 3. The maximum atomic E-state index is 8.52. The Hall–Kier alpha value is -2.68. The highest BCUT2D eigenvalue weighted by molar-refractivity contribution is 5.60. The standard InChI is InChI=1S/C11H10N6/c1-17(9-3-2-4-13-6-9)11-5-10(14-7-12)15-8-16-11/h2-6,8H,1H3,(H,14,15,16). The van der Waals surface area contributed by atoms with Crippen LogP contribution in [0.4, 0.5) is 17.3 Å². The van der Waals surface area contributed by atoms with Gasteiger partial charge in [-0.3, -0.25) is 10.3 Å². The van der Waals surface area contributed by atoms with Crippen LogP contribution in [0.15, 0.2) is 36.9 Å². The molecule has 0 fully saturated rings. The van der Waals surface area contributed by atoms with Gasteiger partial charge in [0.05, 0.1) is 11.9 Å². The molecule has 0 amide bonds. The fraction of sp³-hybridized carbons (Fsp3) is 0.0909. The van der Waals surface area contributed by atoms with Crippen molar-refractivity contribution in [3.63, 3.8) is 0 Å². The van der Waals surface area contributed by atoms with Crippen molar-refractivity contribution in [1.29, 1.82) is 5.26 Å². The second-order valence-electron chi connectivity index (χ2n) is 3.27. The molecule has 0 aromatic carbocycles. The predicted molar refractivity (Wildman–Crippen MR) is 63.6 cm³/mol. The first kappa shape index (κ1) is 10.8. The molecule has 6 heteroatoms. The smallest absolute Gasteiger partial charge is 0.182 e. The molecule has 0 aliphatic rings. The summed E-state index contributed by atoms with van der Waals surface area (Å²) in [7, 11) is 1.87. The summed E-state index contributed by atoms with van der Waals surface area (Å²) in [6.45, 7) is 0. The van der Waals surface area contributed by atoms with E-state index >= 15 is 0 Å². The van der Waals surface area contributed by atoms with Gasteiger partial charge in [0.15, 0.2) is 6.19 Å². The summed E-state index contributed by atoms with van der Waals surface area (Å²) in [5, 5.41) is 11.0. The van der Waals surface area contributed by atoms with E-state index in [0.29, 0.717) is 11.6 Å².